The Morgan fingerprint density at radius 2 is 2.00 bits per heavy atom. The SMILES string of the molecule is CC(C)[C@H](N)C(=O)C1CCC[C@H]1B(O)O. The molecule has 0 heterocycles. The highest BCUT2D eigenvalue weighted by molar-refractivity contribution is 6.44. The summed E-state index contributed by atoms with van der Waals surface area (Å²) in [5, 5.41) is 18.3. The maximum atomic E-state index is 12.0. The van der Waals surface area contributed by atoms with Gasteiger partial charge in [-0.15, -0.1) is 0 Å². The minimum atomic E-state index is -1.39. The number of carbonyl (C=O) groups is 1. The molecule has 86 valence electrons. The minimum absolute atomic E-state index is 0.0133. The van der Waals surface area contributed by atoms with Crippen LogP contribution in [0.5, 0.6) is 0 Å². The highest BCUT2D eigenvalue weighted by Gasteiger charge is 2.41. The summed E-state index contributed by atoms with van der Waals surface area (Å²) in [6, 6.07) is -0.477. The van der Waals surface area contributed by atoms with Gasteiger partial charge in [0, 0.05) is 11.7 Å². The number of rotatable bonds is 4. The highest BCUT2D eigenvalue weighted by atomic mass is 16.4. The lowest BCUT2D eigenvalue weighted by molar-refractivity contribution is -0.125. The summed E-state index contributed by atoms with van der Waals surface area (Å²) >= 11 is 0. The lowest BCUT2D eigenvalue weighted by Crippen LogP contribution is -2.42. The van der Waals surface area contributed by atoms with Crippen LogP contribution in [0.2, 0.25) is 5.82 Å². The van der Waals surface area contributed by atoms with E-state index in [2.05, 4.69) is 0 Å². The fourth-order valence-corrected chi connectivity index (χ4v) is 2.27. The van der Waals surface area contributed by atoms with E-state index in [0.717, 1.165) is 12.8 Å². The van der Waals surface area contributed by atoms with Crippen LogP contribution in [0.4, 0.5) is 0 Å². The lowest BCUT2D eigenvalue weighted by atomic mass is 9.65. The van der Waals surface area contributed by atoms with Crippen LogP contribution in [0.3, 0.4) is 0 Å². The zero-order valence-corrected chi connectivity index (χ0v) is 9.39. The summed E-state index contributed by atoms with van der Waals surface area (Å²) in [5.41, 5.74) is 5.79. The van der Waals surface area contributed by atoms with Crippen LogP contribution in [0.15, 0.2) is 0 Å². The van der Waals surface area contributed by atoms with E-state index in [9.17, 15) is 4.79 Å². The fourth-order valence-electron chi connectivity index (χ4n) is 2.27. The largest absolute Gasteiger partial charge is 0.455 e. The molecular formula is C10H20BNO3. The second-order valence-electron chi connectivity index (χ2n) is 4.79. The van der Waals surface area contributed by atoms with Crippen LogP contribution in [0.25, 0.3) is 0 Å². The molecule has 1 saturated carbocycles. The minimum Gasteiger partial charge on any atom is -0.427 e. The molecule has 0 amide bonds. The van der Waals surface area contributed by atoms with Crippen molar-refractivity contribution in [2.75, 3.05) is 0 Å². The molecule has 0 aromatic heterocycles. The van der Waals surface area contributed by atoms with Crippen LogP contribution in [-0.2, 0) is 4.79 Å². The third-order valence-electron chi connectivity index (χ3n) is 3.36. The zero-order chi connectivity index (χ0) is 11.6. The Kier molecular flexibility index (Phi) is 4.31. The normalized spacial score (nSPS) is 28.1. The molecule has 1 aliphatic carbocycles. The van der Waals surface area contributed by atoms with Crippen molar-refractivity contribution in [2.24, 2.45) is 17.6 Å². The average molecular weight is 213 g/mol. The lowest BCUT2D eigenvalue weighted by Gasteiger charge is -2.23. The molecule has 0 spiro atoms. The van der Waals surface area contributed by atoms with Crippen molar-refractivity contribution >= 4 is 12.9 Å². The first-order valence-corrected chi connectivity index (χ1v) is 5.60. The molecule has 0 bridgehead atoms. The zero-order valence-electron chi connectivity index (χ0n) is 9.39. The Bertz CT molecular complexity index is 233. The van der Waals surface area contributed by atoms with Crippen LogP contribution in [0, 0.1) is 11.8 Å². The van der Waals surface area contributed by atoms with Gasteiger partial charge in [-0.05, 0) is 12.3 Å². The van der Waals surface area contributed by atoms with Gasteiger partial charge in [-0.3, -0.25) is 4.79 Å². The molecule has 1 rings (SSSR count). The average Bonchev–Trinajstić information content (AvgIpc) is 2.63. The van der Waals surface area contributed by atoms with E-state index in [1.807, 2.05) is 13.8 Å². The molecule has 0 aliphatic heterocycles. The Morgan fingerprint density at radius 1 is 1.40 bits per heavy atom. The molecule has 5 heteroatoms. The van der Waals surface area contributed by atoms with Crippen LogP contribution in [0.1, 0.15) is 33.1 Å². The Labute approximate surface area is 91.0 Å². The topological polar surface area (TPSA) is 83.6 Å². The third-order valence-corrected chi connectivity index (χ3v) is 3.36. The van der Waals surface area contributed by atoms with E-state index >= 15 is 0 Å². The van der Waals surface area contributed by atoms with Crippen molar-refractivity contribution in [1.82, 2.24) is 0 Å². The molecule has 15 heavy (non-hydrogen) atoms. The highest BCUT2D eigenvalue weighted by Crippen LogP contribution is 2.38. The number of ketones is 1. The van der Waals surface area contributed by atoms with E-state index in [0.29, 0.717) is 6.42 Å². The van der Waals surface area contributed by atoms with Crippen molar-refractivity contribution in [2.45, 2.75) is 45.0 Å². The molecule has 1 fully saturated rings. The van der Waals surface area contributed by atoms with Gasteiger partial charge in [-0.25, -0.2) is 0 Å². The molecule has 1 aliphatic rings. The summed E-state index contributed by atoms with van der Waals surface area (Å²) in [5.74, 6) is -0.486. The predicted octanol–water partition coefficient (Wildman–Crippen LogP) is 0.182. The smallest absolute Gasteiger partial charge is 0.427 e. The molecule has 4 N–H and O–H groups in total. The Hall–Kier alpha value is -0.385. The molecule has 0 saturated heterocycles. The summed E-state index contributed by atoms with van der Waals surface area (Å²) in [6.07, 6.45) is 2.32. The third kappa shape index (κ3) is 2.80. The molecular weight excluding hydrogens is 193 g/mol. The van der Waals surface area contributed by atoms with E-state index in [-0.39, 0.29) is 23.4 Å². The molecule has 0 radical (unpaired) electrons. The number of carbonyl (C=O) groups excluding carboxylic acids is 1. The van der Waals surface area contributed by atoms with Crippen molar-refractivity contribution in [1.29, 1.82) is 0 Å². The van der Waals surface area contributed by atoms with Crippen LogP contribution >= 0.6 is 0 Å². The van der Waals surface area contributed by atoms with E-state index in [4.69, 9.17) is 15.8 Å². The molecule has 0 aromatic carbocycles. The maximum absolute atomic E-state index is 12.0. The second-order valence-corrected chi connectivity index (χ2v) is 4.79. The second kappa shape index (κ2) is 5.10. The number of hydrogen-bond donors (Lipinski definition) is 3. The predicted molar refractivity (Wildman–Crippen MR) is 59.1 cm³/mol. The molecule has 1 unspecified atom stereocenters. The number of hydrogen-bond acceptors (Lipinski definition) is 4. The summed E-state index contributed by atoms with van der Waals surface area (Å²) in [4.78, 5) is 12.0. The maximum Gasteiger partial charge on any atom is 0.455 e. The molecule has 0 aromatic rings. The first kappa shape index (κ1) is 12.7. The van der Waals surface area contributed by atoms with Gasteiger partial charge in [0.25, 0.3) is 0 Å². The fraction of sp³-hybridized carbons (Fsp3) is 0.900. The first-order valence-electron chi connectivity index (χ1n) is 5.60. The van der Waals surface area contributed by atoms with Crippen LogP contribution < -0.4 is 5.73 Å². The number of nitrogens with two attached hydrogens (primary N) is 1. The number of Topliss-reactive ketones (excluding diaryl/α,β-unsaturated/α-hetero) is 1. The van der Waals surface area contributed by atoms with Gasteiger partial charge in [-0.2, -0.15) is 0 Å². The van der Waals surface area contributed by atoms with E-state index in [1.54, 1.807) is 0 Å². The first-order chi connectivity index (χ1) is 6.95. The van der Waals surface area contributed by atoms with Crippen molar-refractivity contribution in [3.8, 4) is 0 Å². The van der Waals surface area contributed by atoms with Gasteiger partial charge in [0.05, 0.1) is 6.04 Å². The van der Waals surface area contributed by atoms with E-state index < -0.39 is 13.2 Å². The van der Waals surface area contributed by atoms with Crippen molar-refractivity contribution in [3.05, 3.63) is 0 Å². The summed E-state index contributed by atoms with van der Waals surface area (Å²) in [6.45, 7) is 3.81. The summed E-state index contributed by atoms with van der Waals surface area (Å²) < 4.78 is 0. The van der Waals surface area contributed by atoms with Gasteiger partial charge in [0.15, 0.2) is 5.78 Å². The standard InChI is InChI=1S/C10H20BNO3/c1-6(2)9(12)10(13)7-4-3-5-8(7)11(14)15/h6-9,14-15H,3-5,12H2,1-2H3/t7?,8-,9+/m1/s1. The van der Waals surface area contributed by atoms with Gasteiger partial charge >= 0.3 is 7.12 Å². The molecule has 3 atom stereocenters. The van der Waals surface area contributed by atoms with E-state index in [1.165, 1.54) is 0 Å². The van der Waals surface area contributed by atoms with Gasteiger partial charge < -0.3 is 15.8 Å². The summed E-state index contributed by atoms with van der Waals surface area (Å²) in [7, 11) is -1.39. The van der Waals surface area contributed by atoms with Crippen molar-refractivity contribution in [3.63, 3.8) is 0 Å². The van der Waals surface area contributed by atoms with Crippen molar-refractivity contribution < 1.29 is 14.8 Å². The molecule has 4 nitrogen and oxygen atoms in total. The Balaban J connectivity index is 2.66. The van der Waals surface area contributed by atoms with Gasteiger partial charge in [0.1, 0.15) is 0 Å². The monoisotopic (exact) mass is 213 g/mol. The van der Waals surface area contributed by atoms with Gasteiger partial charge in [-0.1, -0.05) is 26.7 Å². The van der Waals surface area contributed by atoms with Gasteiger partial charge in [0.2, 0.25) is 0 Å². The Morgan fingerprint density at radius 3 is 2.47 bits per heavy atom. The quantitative estimate of drug-likeness (QED) is 0.581. The van der Waals surface area contributed by atoms with Crippen LogP contribution in [-0.4, -0.2) is 29.0 Å².